The van der Waals surface area contributed by atoms with Crippen LogP contribution in [-0.2, 0) is 9.53 Å². The van der Waals surface area contributed by atoms with Crippen LogP contribution in [0.5, 0.6) is 0 Å². The van der Waals surface area contributed by atoms with Crippen LogP contribution >= 0.6 is 23.4 Å². The van der Waals surface area contributed by atoms with E-state index in [1.807, 2.05) is 38.1 Å². The zero-order valence-electron chi connectivity index (χ0n) is 12.4. The van der Waals surface area contributed by atoms with E-state index in [4.69, 9.17) is 16.3 Å². The van der Waals surface area contributed by atoms with Crippen molar-refractivity contribution in [2.75, 3.05) is 6.61 Å². The molecule has 3 rings (SSSR count). The Balaban J connectivity index is 0.000000847. The van der Waals surface area contributed by atoms with Crippen molar-refractivity contribution in [2.24, 2.45) is 5.92 Å². The maximum absolute atomic E-state index is 12.6. The Labute approximate surface area is 139 Å². The van der Waals surface area contributed by atoms with Gasteiger partial charge < -0.3 is 4.74 Å². The number of halogens is 1. The molecule has 5 heteroatoms. The molecule has 1 aromatic carbocycles. The minimum atomic E-state index is -0.428. The molecule has 0 spiro atoms. The first-order chi connectivity index (χ1) is 10.7. The number of hydrogen-bond donors (Lipinski definition) is 0. The Morgan fingerprint density at radius 3 is 2.73 bits per heavy atom. The number of Topliss-reactive ketones (excluding diaryl/α,β-unsaturated/α-hetero) is 1. The highest BCUT2D eigenvalue weighted by Crippen LogP contribution is 2.47. The number of hydrogen-bond acceptors (Lipinski definition) is 4. The quantitative estimate of drug-likeness (QED) is 0.775. The maximum Gasteiger partial charge on any atom is 0.173 e. The summed E-state index contributed by atoms with van der Waals surface area (Å²) in [7, 11) is 0. The molecule has 2 unspecified atom stereocenters. The van der Waals surface area contributed by atoms with Crippen molar-refractivity contribution in [2.45, 2.75) is 24.0 Å². The summed E-state index contributed by atoms with van der Waals surface area (Å²) in [6.07, 6.45) is 4.11. The van der Waals surface area contributed by atoms with Crippen LogP contribution in [0, 0.1) is 5.92 Å². The number of ether oxygens (including phenoxy) is 1. The molecule has 2 atom stereocenters. The Bertz CT molecular complexity index is 637. The fraction of sp³-hybridized carbons (Fsp3) is 0.294. The van der Waals surface area contributed by atoms with Crippen molar-refractivity contribution >= 4 is 35.4 Å². The Hall–Kier alpha value is -1.52. The number of ketones is 1. The normalized spacial score (nSPS) is 22.2. The van der Waals surface area contributed by atoms with E-state index < -0.39 is 5.92 Å². The van der Waals surface area contributed by atoms with E-state index in [1.54, 1.807) is 23.9 Å². The van der Waals surface area contributed by atoms with Gasteiger partial charge in [0.1, 0.15) is 12.4 Å². The van der Waals surface area contributed by atoms with E-state index in [9.17, 15) is 9.59 Å². The molecule has 0 fully saturated rings. The number of fused-ring (bicyclic) bond motifs is 2. The molecule has 0 amide bonds. The summed E-state index contributed by atoms with van der Waals surface area (Å²) < 4.78 is 5.43. The first kappa shape index (κ1) is 16.8. The lowest BCUT2D eigenvalue weighted by Crippen LogP contribution is -2.34. The Morgan fingerprint density at radius 2 is 2.00 bits per heavy atom. The molecule has 1 aromatic rings. The number of carbonyl (C=O) groups excluding carboxylic acids is 2. The minimum Gasteiger partial charge on any atom is -0.489 e. The fourth-order valence-electron chi connectivity index (χ4n) is 2.40. The van der Waals surface area contributed by atoms with Gasteiger partial charge in [0.25, 0.3) is 0 Å². The summed E-state index contributed by atoms with van der Waals surface area (Å²) in [5.41, 5.74) is 0.696. The molecule has 22 heavy (non-hydrogen) atoms. The summed E-state index contributed by atoms with van der Waals surface area (Å²) in [6, 6.07) is 7.47. The van der Waals surface area contributed by atoms with Crippen molar-refractivity contribution in [1.82, 2.24) is 0 Å². The average Bonchev–Trinajstić information content (AvgIpc) is 2.56. The molecule has 3 nitrogen and oxygen atoms in total. The Morgan fingerprint density at radius 1 is 1.27 bits per heavy atom. The van der Waals surface area contributed by atoms with Crippen LogP contribution in [0.4, 0.5) is 0 Å². The fourth-order valence-corrected chi connectivity index (χ4v) is 4.15. The highest BCUT2D eigenvalue weighted by atomic mass is 35.5. The second-order valence-electron chi connectivity index (χ2n) is 4.47. The molecule has 0 aromatic heterocycles. The third-order valence-corrected chi connectivity index (χ3v) is 5.02. The molecule has 1 aliphatic carbocycles. The van der Waals surface area contributed by atoms with Crippen molar-refractivity contribution in [3.63, 3.8) is 0 Å². The second kappa shape index (κ2) is 7.65. The van der Waals surface area contributed by atoms with Gasteiger partial charge in [-0.1, -0.05) is 43.6 Å². The second-order valence-corrected chi connectivity index (χ2v) is 6.09. The standard InChI is InChI=1S/C15H11ClO3S.C2H6/c16-10-5-6-11(19-8-7-17)15-13(10)14(18)9-3-1-2-4-12(9)20-15;1-2/h1-7,13,15H,8H2;1-2H3. The molecule has 0 bridgehead atoms. The molecular formula is C17H17ClO3S. The van der Waals surface area contributed by atoms with Gasteiger partial charge in [0.2, 0.25) is 0 Å². The van der Waals surface area contributed by atoms with Crippen molar-refractivity contribution in [3.8, 4) is 0 Å². The summed E-state index contributed by atoms with van der Waals surface area (Å²) in [6.45, 7) is 3.98. The molecule has 116 valence electrons. The zero-order chi connectivity index (χ0) is 16.1. The summed E-state index contributed by atoms with van der Waals surface area (Å²) >= 11 is 7.76. The van der Waals surface area contributed by atoms with Gasteiger partial charge in [-0.3, -0.25) is 9.59 Å². The van der Waals surface area contributed by atoms with Crippen molar-refractivity contribution < 1.29 is 14.3 Å². The maximum atomic E-state index is 12.6. The lowest BCUT2D eigenvalue weighted by Gasteiger charge is -2.34. The number of allylic oxidation sites excluding steroid dienone is 3. The van der Waals surface area contributed by atoms with E-state index in [2.05, 4.69) is 0 Å². The predicted octanol–water partition coefficient (Wildman–Crippen LogP) is 4.22. The number of carbonyl (C=O) groups is 2. The van der Waals surface area contributed by atoms with Crippen LogP contribution in [0.3, 0.4) is 0 Å². The SMILES string of the molecule is CC.O=CCOC1=CC=C(Cl)C2C(=O)c3ccccc3SC12. The van der Waals surface area contributed by atoms with Gasteiger partial charge in [0, 0.05) is 15.5 Å². The van der Waals surface area contributed by atoms with Gasteiger partial charge in [-0.2, -0.15) is 0 Å². The van der Waals surface area contributed by atoms with Gasteiger partial charge >= 0.3 is 0 Å². The molecule has 2 aliphatic rings. The average molecular weight is 337 g/mol. The monoisotopic (exact) mass is 336 g/mol. The number of benzene rings is 1. The lowest BCUT2D eigenvalue weighted by atomic mass is 9.89. The van der Waals surface area contributed by atoms with Gasteiger partial charge in [-0.05, 0) is 18.2 Å². The van der Waals surface area contributed by atoms with E-state index in [1.165, 1.54) is 0 Å². The van der Waals surface area contributed by atoms with E-state index in [0.717, 1.165) is 4.90 Å². The van der Waals surface area contributed by atoms with Crippen LogP contribution < -0.4 is 0 Å². The lowest BCUT2D eigenvalue weighted by molar-refractivity contribution is -0.110. The van der Waals surface area contributed by atoms with Gasteiger partial charge in [0.15, 0.2) is 12.1 Å². The highest BCUT2D eigenvalue weighted by molar-refractivity contribution is 8.00. The third kappa shape index (κ3) is 3.13. The van der Waals surface area contributed by atoms with Crippen molar-refractivity contribution in [3.05, 3.63) is 52.8 Å². The van der Waals surface area contributed by atoms with Gasteiger partial charge in [-0.25, -0.2) is 0 Å². The van der Waals surface area contributed by atoms with Crippen LogP contribution in [0.15, 0.2) is 52.1 Å². The third-order valence-electron chi connectivity index (χ3n) is 3.29. The molecule has 0 radical (unpaired) electrons. The largest absolute Gasteiger partial charge is 0.489 e. The number of thioether (sulfide) groups is 1. The highest BCUT2D eigenvalue weighted by Gasteiger charge is 2.42. The first-order valence-corrected chi connectivity index (χ1v) is 8.41. The molecule has 0 saturated carbocycles. The van der Waals surface area contributed by atoms with E-state index >= 15 is 0 Å². The molecule has 0 saturated heterocycles. The predicted molar refractivity (Wildman–Crippen MR) is 89.3 cm³/mol. The van der Waals surface area contributed by atoms with Gasteiger partial charge in [-0.15, -0.1) is 11.8 Å². The van der Waals surface area contributed by atoms with Gasteiger partial charge in [0.05, 0.1) is 11.2 Å². The summed E-state index contributed by atoms with van der Waals surface area (Å²) in [4.78, 5) is 24.0. The molecular weight excluding hydrogens is 320 g/mol. The van der Waals surface area contributed by atoms with Crippen molar-refractivity contribution in [1.29, 1.82) is 0 Å². The van der Waals surface area contributed by atoms with Crippen LogP contribution in [-0.4, -0.2) is 23.9 Å². The van der Waals surface area contributed by atoms with E-state index in [0.29, 0.717) is 22.6 Å². The molecule has 1 heterocycles. The summed E-state index contributed by atoms with van der Waals surface area (Å²) in [5.74, 6) is 0.202. The smallest absolute Gasteiger partial charge is 0.173 e. The minimum absolute atomic E-state index is 0.00547. The number of rotatable bonds is 3. The molecule has 1 aliphatic heterocycles. The van der Waals surface area contributed by atoms with E-state index in [-0.39, 0.29) is 17.6 Å². The van der Waals surface area contributed by atoms with Crippen LogP contribution in [0.2, 0.25) is 0 Å². The molecule has 0 N–H and O–H groups in total. The van der Waals surface area contributed by atoms with Crippen LogP contribution in [0.1, 0.15) is 24.2 Å². The zero-order valence-corrected chi connectivity index (χ0v) is 14.0. The van der Waals surface area contributed by atoms with Crippen LogP contribution in [0.25, 0.3) is 0 Å². The number of aldehydes is 1. The topological polar surface area (TPSA) is 43.4 Å². The summed E-state index contributed by atoms with van der Waals surface area (Å²) in [5, 5.41) is 0.315. The Kier molecular flexibility index (Phi) is 5.86. The first-order valence-electron chi connectivity index (χ1n) is 7.16.